The number of rotatable bonds is 6. The summed E-state index contributed by atoms with van der Waals surface area (Å²) in [5.41, 5.74) is 21.5. The van der Waals surface area contributed by atoms with Crippen LogP contribution < -0.4 is 4.90 Å². The minimum atomic E-state index is -0.116. The fourth-order valence-corrected chi connectivity index (χ4v) is 11.0. The van der Waals surface area contributed by atoms with Crippen molar-refractivity contribution in [1.29, 1.82) is 0 Å². The highest BCUT2D eigenvalue weighted by Gasteiger charge is 2.38. The highest BCUT2D eigenvalue weighted by molar-refractivity contribution is 6.08. The largest absolute Gasteiger partial charge is 0.310 e. The molecule has 0 saturated heterocycles. The molecule has 2 aliphatic rings. The molecule has 0 bridgehead atoms. The average molecular weight is 806 g/mol. The van der Waals surface area contributed by atoms with Gasteiger partial charge in [-0.25, -0.2) is 0 Å². The van der Waals surface area contributed by atoms with Crippen LogP contribution in [-0.2, 0) is 10.8 Å². The van der Waals surface area contributed by atoms with Crippen molar-refractivity contribution in [2.24, 2.45) is 0 Å². The van der Waals surface area contributed by atoms with E-state index in [1.54, 1.807) is 0 Å². The smallest absolute Gasteiger partial charge is 0.0467 e. The molecule has 0 unspecified atom stereocenters. The second-order valence-corrected chi connectivity index (χ2v) is 18.5. The van der Waals surface area contributed by atoms with E-state index in [1.165, 1.54) is 99.4 Å². The normalized spacial score (nSPS) is 14.0. The Morgan fingerprint density at radius 1 is 0.286 bits per heavy atom. The quantitative estimate of drug-likeness (QED) is 0.151. The van der Waals surface area contributed by atoms with Crippen molar-refractivity contribution in [3.8, 4) is 55.6 Å². The molecule has 0 saturated carbocycles. The van der Waals surface area contributed by atoms with E-state index in [0.29, 0.717) is 0 Å². The van der Waals surface area contributed by atoms with Gasteiger partial charge in [-0.3, -0.25) is 0 Å². The van der Waals surface area contributed by atoms with E-state index >= 15 is 0 Å². The molecule has 12 rings (SSSR count). The van der Waals surface area contributed by atoms with E-state index in [0.717, 1.165) is 17.1 Å². The third kappa shape index (κ3) is 5.84. The minimum Gasteiger partial charge on any atom is -0.310 e. The first-order valence-corrected chi connectivity index (χ1v) is 22.2. The first-order valence-electron chi connectivity index (χ1n) is 22.2. The van der Waals surface area contributed by atoms with Crippen molar-refractivity contribution >= 4 is 38.6 Å². The van der Waals surface area contributed by atoms with Crippen LogP contribution >= 0.6 is 0 Å². The molecule has 0 radical (unpaired) electrons. The maximum Gasteiger partial charge on any atom is 0.0467 e. The third-order valence-electron chi connectivity index (χ3n) is 14.2. The monoisotopic (exact) mass is 805 g/mol. The number of anilines is 3. The van der Waals surface area contributed by atoms with E-state index in [9.17, 15) is 0 Å². The van der Waals surface area contributed by atoms with Crippen LogP contribution in [0.15, 0.2) is 212 Å². The Labute approximate surface area is 370 Å². The Kier molecular flexibility index (Phi) is 8.30. The SMILES string of the molecule is CC1(C)c2ccccc2-c2ccc(-c3ccc(N(c4ccc(-c5ccc6c(ccc7ccccc76)c5)cc4)c4cccc(-c5cccc6c5C(C)(C)c5ccccc5-6)c4)cc3)cc21. The molecule has 10 aromatic rings. The van der Waals surface area contributed by atoms with Crippen LogP contribution in [0.4, 0.5) is 17.1 Å². The predicted molar refractivity (Wildman–Crippen MR) is 268 cm³/mol. The molecule has 63 heavy (non-hydrogen) atoms. The van der Waals surface area contributed by atoms with Gasteiger partial charge in [0.1, 0.15) is 0 Å². The van der Waals surface area contributed by atoms with Crippen LogP contribution in [0.3, 0.4) is 0 Å². The molecule has 300 valence electrons. The van der Waals surface area contributed by atoms with Crippen LogP contribution in [-0.4, -0.2) is 0 Å². The summed E-state index contributed by atoms with van der Waals surface area (Å²) in [5, 5.41) is 5.10. The molecule has 0 fully saturated rings. The maximum absolute atomic E-state index is 2.41. The molecular formula is C62H47N. The summed E-state index contributed by atoms with van der Waals surface area (Å²) in [7, 11) is 0. The molecular weight excluding hydrogens is 759 g/mol. The third-order valence-corrected chi connectivity index (χ3v) is 14.2. The van der Waals surface area contributed by atoms with E-state index < -0.39 is 0 Å². The summed E-state index contributed by atoms with van der Waals surface area (Å²) >= 11 is 0. The number of hydrogen-bond acceptors (Lipinski definition) is 1. The summed E-state index contributed by atoms with van der Waals surface area (Å²) in [6.07, 6.45) is 0. The number of nitrogens with zero attached hydrogens (tertiary/aromatic N) is 1. The fourth-order valence-electron chi connectivity index (χ4n) is 11.0. The second kappa shape index (κ2) is 14.0. The average Bonchev–Trinajstić information content (AvgIpc) is 3.71. The number of benzene rings is 10. The number of fused-ring (bicyclic) bond motifs is 9. The molecule has 1 nitrogen and oxygen atoms in total. The minimum absolute atomic E-state index is 0.0477. The van der Waals surface area contributed by atoms with Gasteiger partial charge in [-0.15, -0.1) is 0 Å². The van der Waals surface area contributed by atoms with E-state index in [1.807, 2.05) is 0 Å². The first kappa shape index (κ1) is 37.3. The summed E-state index contributed by atoms with van der Waals surface area (Å²) in [5.74, 6) is 0. The fraction of sp³-hybridized carbons (Fsp3) is 0.0968. The second-order valence-electron chi connectivity index (χ2n) is 18.5. The lowest BCUT2D eigenvalue weighted by Crippen LogP contribution is -2.16. The zero-order valence-electron chi connectivity index (χ0n) is 36.2. The maximum atomic E-state index is 2.41. The Morgan fingerprint density at radius 2 is 0.810 bits per heavy atom. The molecule has 0 aliphatic heterocycles. The zero-order valence-corrected chi connectivity index (χ0v) is 36.2. The molecule has 0 atom stereocenters. The summed E-state index contributed by atoms with van der Waals surface area (Å²) in [4.78, 5) is 2.41. The van der Waals surface area contributed by atoms with Crippen LogP contribution in [0.25, 0.3) is 77.2 Å². The Hall–Kier alpha value is -7.48. The molecule has 10 aromatic carbocycles. The van der Waals surface area contributed by atoms with E-state index in [2.05, 4.69) is 245 Å². The van der Waals surface area contributed by atoms with Crippen molar-refractivity contribution < 1.29 is 0 Å². The summed E-state index contributed by atoms with van der Waals surface area (Å²) in [6.45, 7) is 9.46. The van der Waals surface area contributed by atoms with Gasteiger partial charge in [-0.2, -0.15) is 0 Å². The van der Waals surface area contributed by atoms with Gasteiger partial charge in [-0.05, 0) is 148 Å². The molecule has 0 aromatic heterocycles. The summed E-state index contributed by atoms with van der Waals surface area (Å²) in [6, 6.07) is 79.0. The van der Waals surface area contributed by atoms with Gasteiger partial charge in [0.25, 0.3) is 0 Å². The van der Waals surface area contributed by atoms with Crippen LogP contribution in [0.2, 0.25) is 0 Å². The van der Waals surface area contributed by atoms with Crippen molar-refractivity contribution in [3.05, 3.63) is 235 Å². The molecule has 0 amide bonds. The highest BCUT2D eigenvalue weighted by atomic mass is 15.1. The van der Waals surface area contributed by atoms with Gasteiger partial charge < -0.3 is 4.90 Å². The first-order chi connectivity index (χ1) is 30.7. The molecule has 0 spiro atoms. The van der Waals surface area contributed by atoms with E-state index in [4.69, 9.17) is 0 Å². The predicted octanol–water partition coefficient (Wildman–Crippen LogP) is 17.1. The Bertz CT molecular complexity index is 3440. The van der Waals surface area contributed by atoms with Gasteiger partial charge in [0.05, 0.1) is 0 Å². The number of hydrogen-bond donors (Lipinski definition) is 0. The van der Waals surface area contributed by atoms with Crippen LogP contribution in [0.5, 0.6) is 0 Å². The van der Waals surface area contributed by atoms with Gasteiger partial charge >= 0.3 is 0 Å². The van der Waals surface area contributed by atoms with Crippen molar-refractivity contribution in [2.45, 2.75) is 38.5 Å². The Balaban J connectivity index is 0.948. The molecule has 1 heteroatoms. The van der Waals surface area contributed by atoms with Crippen LogP contribution in [0.1, 0.15) is 49.9 Å². The molecule has 2 aliphatic carbocycles. The lowest BCUT2D eigenvalue weighted by molar-refractivity contribution is 0.660. The van der Waals surface area contributed by atoms with Gasteiger partial charge in [0, 0.05) is 27.9 Å². The van der Waals surface area contributed by atoms with Crippen LogP contribution in [0, 0.1) is 0 Å². The molecule has 0 N–H and O–H groups in total. The van der Waals surface area contributed by atoms with Crippen molar-refractivity contribution in [3.63, 3.8) is 0 Å². The van der Waals surface area contributed by atoms with Crippen molar-refractivity contribution in [1.82, 2.24) is 0 Å². The van der Waals surface area contributed by atoms with E-state index in [-0.39, 0.29) is 10.8 Å². The van der Waals surface area contributed by atoms with Gasteiger partial charge in [0.2, 0.25) is 0 Å². The highest BCUT2D eigenvalue weighted by Crippen LogP contribution is 2.53. The molecule has 0 heterocycles. The lowest BCUT2D eigenvalue weighted by atomic mass is 9.79. The topological polar surface area (TPSA) is 3.24 Å². The van der Waals surface area contributed by atoms with Crippen molar-refractivity contribution in [2.75, 3.05) is 4.90 Å². The lowest BCUT2D eigenvalue weighted by Gasteiger charge is -2.28. The standard InChI is InChI=1S/C62H47N/c1-61(2)57-21-9-7-17-53(57)55-36-30-44(39-59(55)61)41-27-33-48(34-28-41)63(47-31-25-40(26-32-47)43-29-35-51-46(37-43)24-23-42-13-5-6-16-50(42)51)49-15-11-14-45(38-49)52-19-12-20-56-54-18-8-10-22-58(54)62(3,4)60(52)56/h5-39H,1-4H3. The summed E-state index contributed by atoms with van der Waals surface area (Å²) < 4.78 is 0. The Morgan fingerprint density at radius 3 is 1.56 bits per heavy atom. The van der Waals surface area contributed by atoms with Gasteiger partial charge in [0.15, 0.2) is 0 Å². The van der Waals surface area contributed by atoms with Gasteiger partial charge in [-0.1, -0.05) is 191 Å². The zero-order chi connectivity index (χ0) is 42.5.